The molecule has 2 aromatic carbocycles. The third-order valence-corrected chi connectivity index (χ3v) is 10.4. The topological polar surface area (TPSA) is 113 Å². The highest BCUT2D eigenvalue weighted by Crippen LogP contribution is 2.31. The molecule has 0 atom stereocenters. The first-order chi connectivity index (χ1) is 16.6. The molecule has 1 amide bonds. The summed E-state index contributed by atoms with van der Waals surface area (Å²) in [7, 11) is -5.99. The van der Waals surface area contributed by atoms with Gasteiger partial charge in [0.2, 0.25) is 20.0 Å². The van der Waals surface area contributed by atoms with Crippen LogP contribution in [0.15, 0.2) is 46.2 Å². The van der Waals surface area contributed by atoms with Crippen LogP contribution in [0.4, 0.5) is 5.69 Å². The van der Waals surface area contributed by atoms with E-state index in [1.807, 2.05) is 0 Å². The van der Waals surface area contributed by atoms with Gasteiger partial charge in [-0.05, 0) is 68.5 Å². The predicted molar refractivity (Wildman–Crippen MR) is 133 cm³/mol. The lowest BCUT2D eigenvalue weighted by molar-refractivity contribution is 0.102. The summed E-state index contributed by atoms with van der Waals surface area (Å²) in [6, 6.07) is 8.88. The number of ether oxygens (including phenoxy) is 1. The average Bonchev–Trinajstić information content (AvgIpc) is 3.41. The van der Waals surface area contributed by atoms with Crippen LogP contribution < -0.4 is 10.1 Å². The van der Waals surface area contributed by atoms with Crippen LogP contribution in [-0.2, 0) is 20.0 Å². The molecule has 0 bridgehead atoms. The van der Waals surface area contributed by atoms with Crippen molar-refractivity contribution in [2.75, 3.05) is 38.6 Å². The Morgan fingerprint density at radius 2 is 1.43 bits per heavy atom. The van der Waals surface area contributed by atoms with Crippen molar-refractivity contribution >= 4 is 31.6 Å². The zero-order valence-corrected chi connectivity index (χ0v) is 21.6. The molecule has 2 saturated heterocycles. The van der Waals surface area contributed by atoms with Crippen molar-refractivity contribution in [3.63, 3.8) is 0 Å². The Bertz CT molecular complexity index is 1310. The minimum absolute atomic E-state index is 0.0628. The number of hydrogen-bond acceptors (Lipinski definition) is 6. The molecule has 190 valence electrons. The third-order valence-electron chi connectivity index (χ3n) is 6.51. The molecule has 2 heterocycles. The molecule has 35 heavy (non-hydrogen) atoms. The van der Waals surface area contributed by atoms with Gasteiger partial charge in [0.15, 0.2) is 0 Å². The monoisotopic (exact) mass is 521 g/mol. The van der Waals surface area contributed by atoms with Crippen LogP contribution in [0.2, 0.25) is 0 Å². The number of carbonyl (C=O) groups excluding carboxylic acids is 1. The number of sulfonamides is 2. The molecule has 2 aliphatic heterocycles. The van der Waals surface area contributed by atoms with Crippen molar-refractivity contribution in [2.45, 2.75) is 48.8 Å². The maximum absolute atomic E-state index is 13.2. The maximum atomic E-state index is 13.2. The molecule has 0 aliphatic carbocycles. The summed E-state index contributed by atoms with van der Waals surface area (Å²) in [5, 5.41) is 2.70. The number of anilines is 1. The van der Waals surface area contributed by atoms with Gasteiger partial charge in [-0.2, -0.15) is 8.61 Å². The van der Waals surface area contributed by atoms with E-state index in [0.717, 1.165) is 32.1 Å². The SMILES string of the molecule is COc1ccc(S(=O)(=O)N2CCCC2)cc1NC(=O)c1ccc(C)c(S(=O)(=O)N2CCCCC2)c1. The van der Waals surface area contributed by atoms with Gasteiger partial charge in [0.25, 0.3) is 5.91 Å². The summed E-state index contributed by atoms with van der Waals surface area (Å²) in [5.74, 6) is -0.263. The molecule has 2 aliphatic rings. The van der Waals surface area contributed by atoms with Crippen LogP contribution in [0.5, 0.6) is 5.75 Å². The van der Waals surface area contributed by atoms with Gasteiger partial charge >= 0.3 is 0 Å². The Morgan fingerprint density at radius 3 is 2.06 bits per heavy atom. The number of benzene rings is 2. The van der Waals surface area contributed by atoms with Crippen LogP contribution in [0.1, 0.15) is 48.0 Å². The second kappa shape index (κ2) is 10.3. The van der Waals surface area contributed by atoms with Gasteiger partial charge in [-0.25, -0.2) is 16.8 Å². The fourth-order valence-corrected chi connectivity index (χ4v) is 7.79. The highest BCUT2D eigenvalue weighted by Gasteiger charge is 2.30. The number of aryl methyl sites for hydroxylation is 1. The van der Waals surface area contributed by atoms with Crippen molar-refractivity contribution in [1.29, 1.82) is 0 Å². The first kappa shape index (κ1) is 25.6. The largest absolute Gasteiger partial charge is 0.495 e. The summed E-state index contributed by atoms with van der Waals surface area (Å²) >= 11 is 0. The van der Waals surface area contributed by atoms with Crippen molar-refractivity contribution in [2.24, 2.45) is 0 Å². The van der Waals surface area contributed by atoms with Crippen LogP contribution in [0, 0.1) is 6.92 Å². The van der Waals surface area contributed by atoms with Crippen molar-refractivity contribution < 1.29 is 26.4 Å². The zero-order chi connectivity index (χ0) is 25.2. The molecular weight excluding hydrogens is 490 g/mol. The molecule has 0 radical (unpaired) electrons. The molecule has 9 nitrogen and oxygen atoms in total. The molecule has 4 rings (SSSR count). The molecule has 1 N–H and O–H groups in total. The van der Waals surface area contributed by atoms with E-state index in [0.29, 0.717) is 37.5 Å². The summed E-state index contributed by atoms with van der Waals surface area (Å²) in [5.41, 5.74) is 0.906. The van der Waals surface area contributed by atoms with Crippen LogP contribution in [0.25, 0.3) is 0 Å². The lowest BCUT2D eigenvalue weighted by atomic mass is 10.1. The molecule has 2 fully saturated rings. The average molecular weight is 522 g/mol. The third kappa shape index (κ3) is 5.23. The van der Waals surface area contributed by atoms with E-state index in [1.54, 1.807) is 19.1 Å². The first-order valence-electron chi connectivity index (χ1n) is 11.7. The van der Waals surface area contributed by atoms with E-state index in [4.69, 9.17) is 4.74 Å². The quantitative estimate of drug-likeness (QED) is 0.599. The summed E-state index contributed by atoms with van der Waals surface area (Å²) < 4.78 is 60.6. The number of carbonyl (C=O) groups is 1. The summed E-state index contributed by atoms with van der Waals surface area (Å²) in [6.07, 6.45) is 4.26. The van der Waals surface area contributed by atoms with Gasteiger partial charge in [0.05, 0.1) is 22.6 Å². The second-order valence-corrected chi connectivity index (χ2v) is 12.7. The van der Waals surface area contributed by atoms with E-state index in [-0.39, 0.29) is 21.0 Å². The zero-order valence-electron chi connectivity index (χ0n) is 20.0. The number of nitrogens with zero attached hydrogens (tertiary/aromatic N) is 2. The van der Waals surface area contributed by atoms with Crippen molar-refractivity contribution in [3.05, 3.63) is 47.5 Å². The number of hydrogen-bond donors (Lipinski definition) is 1. The van der Waals surface area contributed by atoms with Crippen LogP contribution in [0.3, 0.4) is 0 Å². The molecule has 0 spiro atoms. The Labute approximate surface area is 207 Å². The fourth-order valence-electron chi connectivity index (χ4n) is 4.48. The Kier molecular flexibility index (Phi) is 7.51. The van der Waals surface area contributed by atoms with Crippen molar-refractivity contribution in [1.82, 2.24) is 8.61 Å². The number of piperidine rings is 1. The number of rotatable bonds is 7. The molecule has 0 unspecified atom stereocenters. The highest BCUT2D eigenvalue weighted by molar-refractivity contribution is 7.89. The van der Waals surface area contributed by atoms with E-state index in [2.05, 4.69) is 5.32 Å². The molecule has 0 saturated carbocycles. The van der Waals surface area contributed by atoms with Crippen LogP contribution in [-0.4, -0.2) is 64.6 Å². The molecular formula is C24H31N3O6S2. The van der Waals surface area contributed by atoms with E-state index >= 15 is 0 Å². The summed E-state index contributed by atoms with van der Waals surface area (Å²) in [6.45, 7) is 3.57. The Balaban J connectivity index is 1.63. The van der Waals surface area contributed by atoms with Gasteiger partial charge in [0, 0.05) is 31.7 Å². The van der Waals surface area contributed by atoms with Crippen molar-refractivity contribution in [3.8, 4) is 5.75 Å². The second-order valence-electron chi connectivity index (χ2n) is 8.87. The summed E-state index contributed by atoms with van der Waals surface area (Å²) in [4.78, 5) is 13.3. The number of nitrogens with one attached hydrogen (secondary N) is 1. The van der Waals surface area contributed by atoms with Gasteiger partial charge in [-0.3, -0.25) is 4.79 Å². The van der Waals surface area contributed by atoms with Gasteiger partial charge in [0.1, 0.15) is 5.75 Å². The standard InChI is InChI=1S/C24H31N3O6S2/c1-18-8-9-19(16-23(18)35(31,32)27-12-4-3-5-13-27)24(28)25-21-17-20(10-11-22(21)33-2)34(29,30)26-14-6-7-15-26/h8-11,16-17H,3-7,12-15H2,1-2H3,(H,25,28). The minimum Gasteiger partial charge on any atom is -0.495 e. The fraction of sp³-hybridized carbons (Fsp3) is 0.458. The molecule has 0 aromatic heterocycles. The Morgan fingerprint density at radius 1 is 0.829 bits per heavy atom. The van der Waals surface area contributed by atoms with Gasteiger partial charge in [-0.1, -0.05) is 12.5 Å². The number of amides is 1. The normalized spacial score (nSPS) is 17.9. The van der Waals surface area contributed by atoms with Crippen LogP contribution >= 0.6 is 0 Å². The minimum atomic E-state index is -3.73. The van der Waals surface area contributed by atoms with E-state index < -0.39 is 26.0 Å². The molecule has 11 heteroatoms. The van der Waals surface area contributed by atoms with E-state index in [9.17, 15) is 21.6 Å². The van der Waals surface area contributed by atoms with Gasteiger partial charge in [-0.15, -0.1) is 0 Å². The maximum Gasteiger partial charge on any atom is 0.255 e. The lowest BCUT2D eigenvalue weighted by Gasteiger charge is -2.26. The van der Waals surface area contributed by atoms with Gasteiger partial charge < -0.3 is 10.1 Å². The first-order valence-corrected chi connectivity index (χ1v) is 14.6. The lowest BCUT2D eigenvalue weighted by Crippen LogP contribution is -2.36. The molecule has 2 aromatic rings. The smallest absolute Gasteiger partial charge is 0.255 e. The predicted octanol–water partition coefficient (Wildman–Crippen LogP) is 3.22. The number of methoxy groups -OCH3 is 1. The highest BCUT2D eigenvalue weighted by atomic mass is 32.2. The van der Waals surface area contributed by atoms with E-state index in [1.165, 1.54) is 40.0 Å². The Hall–Kier alpha value is -2.47.